The average molecular weight is 381 g/mol. The maximum absolute atomic E-state index is 12.6. The lowest BCUT2D eigenvalue weighted by Crippen LogP contribution is -2.30. The molecule has 0 spiro atoms. The van der Waals surface area contributed by atoms with Gasteiger partial charge >= 0.3 is 5.97 Å². The zero-order chi connectivity index (χ0) is 19.3. The number of allylic oxidation sites excluding steroid dienone is 2. The highest BCUT2D eigenvalue weighted by molar-refractivity contribution is 7.92. The van der Waals surface area contributed by atoms with Gasteiger partial charge in [0.25, 0.3) is 0 Å². The summed E-state index contributed by atoms with van der Waals surface area (Å²) in [7, 11) is -1.90. The molecule has 0 fully saturated rings. The first kappa shape index (κ1) is 20.3. The Kier molecular flexibility index (Phi) is 6.69. The lowest BCUT2D eigenvalue weighted by molar-refractivity contribution is -0.136. The topological polar surface area (TPSA) is 83.9 Å². The fourth-order valence-electron chi connectivity index (χ4n) is 3.09. The van der Waals surface area contributed by atoms with E-state index in [2.05, 4.69) is 4.90 Å². The second-order valence-corrected chi connectivity index (χ2v) is 8.89. The number of aryl methyl sites for hydroxylation is 1. The summed E-state index contributed by atoms with van der Waals surface area (Å²) in [5.74, 6) is -0.356. The molecule has 1 aromatic carbocycles. The van der Waals surface area contributed by atoms with Gasteiger partial charge in [0.2, 0.25) is 0 Å². The van der Waals surface area contributed by atoms with Crippen LogP contribution in [0, 0.1) is 6.92 Å². The smallest absolute Gasteiger partial charge is 0.322 e. The van der Waals surface area contributed by atoms with Gasteiger partial charge < -0.3 is 14.7 Å². The Balaban J connectivity index is 1.91. The van der Waals surface area contributed by atoms with E-state index in [1.807, 2.05) is 20.9 Å². The Hall–Kier alpha value is -2.02. The molecule has 7 heteroatoms. The summed E-state index contributed by atoms with van der Waals surface area (Å²) < 4.78 is 30.7. The van der Waals surface area contributed by atoms with Gasteiger partial charge in [0, 0.05) is 7.05 Å². The summed E-state index contributed by atoms with van der Waals surface area (Å²) in [6.07, 6.45) is 3.18. The summed E-state index contributed by atoms with van der Waals surface area (Å²) in [5, 5.41) is 8.01. The number of sulfone groups is 1. The molecule has 144 valence electrons. The summed E-state index contributed by atoms with van der Waals surface area (Å²) >= 11 is 0. The third-order valence-corrected chi connectivity index (χ3v) is 6.84. The van der Waals surface area contributed by atoms with Crippen LogP contribution in [0.3, 0.4) is 0 Å². The van der Waals surface area contributed by atoms with Gasteiger partial charge in [-0.05, 0) is 45.2 Å². The first-order valence-corrected chi connectivity index (χ1v) is 10.3. The van der Waals surface area contributed by atoms with Crippen LogP contribution in [0.2, 0.25) is 0 Å². The quantitative estimate of drug-likeness (QED) is 0.661. The highest BCUT2D eigenvalue weighted by Crippen LogP contribution is 2.25. The zero-order valence-corrected chi connectivity index (χ0v) is 16.4. The maximum Gasteiger partial charge on any atom is 0.322 e. The SMILES string of the molecule is CC1=C(CCCCCC(C(=O)O)S(=O)(=O)c2ccc(C)cc2)N(C)CO1. The second-order valence-electron chi connectivity index (χ2n) is 6.76. The highest BCUT2D eigenvalue weighted by Gasteiger charge is 2.33. The van der Waals surface area contributed by atoms with Crippen LogP contribution in [0.1, 0.15) is 44.6 Å². The van der Waals surface area contributed by atoms with Crippen molar-refractivity contribution in [3.8, 4) is 0 Å². The van der Waals surface area contributed by atoms with Crippen molar-refractivity contribution >= 4 is 15.8 Å². The van der Waals surface area contributed by atoms with Crippen LogP contribution in [0.25, 0.3) is 0 Å². The molecule has 0 radical (unpaired) electrons. The number of unbranched alkanes of at least 4 members (excludes halogenated alkanes) is 2. The largest absolute Gasteiger partial charge is 0.480 e. The van der Waals surface area contributed by atoms with Crippen molar-refractivity contribution < 1.29 is 23.1 Å². The maximum atomic E-state index is 12.6. The van der Waals surface area contributed by atoms with E-state index in [0.29, 0.717) is 13.2 Å². The van der Waals surface area contributed by atoms with Gasteiger partial charge in [0.1, 0.15) is 5.76 Å². The van der Waals surface area contributed by atoms with Gasteiger partial charge in [-0.15, -0.1) is 0 Å². The van der Waals surface area contributed by atoms with E-state index in [1.54, 1.807) is 12.1 Å². The van der Waals surface area contributed by atoms with E-state index < -0.39 is 21.1 Å². The van der Waals surface area contributed by atoms with Crippen LogP contribution < -0.4 is 0 Å². The van der Waals surface area contributed by atoms with Crippen LogP contribution in [0.15, 0.2) is 40.6 Å². The summed E-state index contributed by atoms with van der Waals surface area (Å²) in [6.45, 7) is 4.36. The molecule has 1 aromatic rings. The van der Waals surface area contributed by atoms with Crippen molar-refractivity contribution in [3.05, 3.63) is 41.3 Å². The minimum Gasteiger partial charge on any atom is -0.480 e. The summed E-state index contributed by atoms with van der Waals surface area (Å²) in [4.78, 5) is 13.7. The molecule has 1 atom stereocenters. The van der Waals surface area contributed by atoms with Crippen LogP contribution in [0.4, 0.5) is 0 Å². The second kappa shape index (κ2) is 8.58. The van der Waals surface area contributed by atoms with E-state index in [4.69, 9.17) is 4.74 Å². The van der Waals surface area contributed by atoms with Gasteiger partial charge in [-0.2, -0.15) is 0 Å². The molecule has 1 N–H and O–H groups in total. The number of benzene rings is 1. The molecule has 1 heterocycles. The number of hydrogen-bond donors (Lipinski definition) is 1. The number of carbonyl (C=O) groups is 1. The van der Waals surface area contributed by atoms with Crippen molar-refractivity contribution in [1.82, 2.24) is 4.90 Å². The highest BCUT2D eigenvalue weighted by atomic mass is 32.2. The minimum absolute atomic E-state index is 0.0704. The van der Waals surface area contributed by atoms with Crippen molar-refractivity contribution in [2.24, 2.45) is 0 Å². The van der Waals surface area contributed by atoms with Gasteiger partial charge in [0.15, 0.2) is 21.8 Å². The Morgan fingerprint density at radius 3 is 2.38 bits per heavy atom. The normalized spacial score (nSPS) is 15.9. The Labute approximate surface area is 155 Å². The lowest BCUT2D eigenvalue weighted by atomic mass is 10.1. The standard InChI is InChI=1S/C19H27NO5S/c1-14-9-11-16(12-10-14)26(23,24)18(19(21)22)8-6-4-5-7-17-15(2)25-13-20(17)3/h9-12,18H,4-8,13H2,1-3H3,(H,21,22). The van der Waals surface area contributed by atoms with E-state index in [-0.39, 0.29) is 11.3 Å². The van der Waals surface area contributed by atoms with E-state index in [0.717, 1.165) is 36.3 Å². The van der Waals surface area contributed by atoms with Gasteiger partial charge in [-0.1, -0.05) is 30.5 Å². The first-order valence-electron chi connectivity index (χ1n) is 8.80. The number of nitrogens with zero attached hydrogens (tertiary/aromatic N) is 1. The van der Waals surface area contributed by atoms with Gasteiger partial charge in [0.05, 0.1) is 10.6 Å². The monoisotopic (exact) mass is 381 g/mol. The average Bonchev–Trinajstić information content (AvgIpc) is 2.89. The molecule has 1 aliphatic rings. The van der Waals surface area contributed by atoms with Crippen molar-refractivity contribution in [3.63, 3.8) is 0 Å². The molecule has 0 aromatic heterocycles. The molecule has 0 saturated carbocycles. The molecule has 6 nitrogen and oxygen atoms in total. The number of carboxylic acids is 1. The van der Waals surface area contributed by atoms with Crippen LogP contribution in [-0.2, 0) is 19.4 Å². The van der Waals surface area contributed by atoms with E-state index >= 15 is 0 Å². The fraction of sp³-hybridized carbons (Fsp3) is 0.526. The Bertz CT molecular complexity index is 768. The Morgan fingerprint density at radius 1 is 1.19 bits per heavy atom. The molecule has 0 bridgehead atoms. The Morgan fingerprint density at radius 2 is 1.85 bits per heavy atom. The third kappa shape index (κ3) is 4.78. The molecular weight excluding hydrogens is 354 g/mol. The molecule has 1 unspecified atom stereocenters. The molecule has 0 aliphatic carbocycles. The van der Waals surface area contributed by atoms with E-state index in [9.17, 15) is 18.3 Å². The number of hydrogen-bond acceptors (Lipinski definition) is 5. The van der Waals surface area contributed by atoms with Crippen molar-refractivity contribution in [2.45, 2.75) is 56.1 Å². The molecule has 26 heavy (non-hydrogen) atoms. The summed E-state index contributed by atoms with van der Waals surface area (Å²) in [6, 6.07) is 6.32. The fourth-order valence-corrected chi connectivity index (χ4v) is 4.68. The zero-order valence-electron chi connectivity index (χ0n) is 15.6. The number of ether oxygens (including phenoxy) is 1. The van der Waals surface area contributed by atoms with E-state index in [1.165, 1.54) is 12.1 Å². The number of rotatable bonds is 9. The minimum atomic E-state index is -3.87. The molecule has 1 aliphatic heterocycles. The van der Waals surface area contributed by atoms with Crippen molar-refractivity contribution in [1.29, 1.82) is 0 Å². The number of carboxylic acid groups (broad SMARTS) is 1. The first-order chi connectivity index (χ1) is 12.2. The van der Waals surface area contributed by atoms with Gasteiger partial charge in [-0.3, -0.25) is 4.79 Å². The summed E-state index contributed by atoms with van der Waals surface area (Å²) in [5.41, 5.74) is 2.09. The van der Waals surface area contributed by atoms with Crippen LogP contribution >= 0.6 is 0 Å². The predicted molar refractivity (Wildman–Crippen MR) is 99.3 cm³/mol. The molecule has 0 saturated heterocycles. The third-order valence-electron chi connectivity index (χ3n) is 4.72. The van der Waals surface area contributed by atoms with Gasteiger partial charge in [-0.25, -0.2) is 8.42 Å². The van der Waals surface area contributed by atoms with Crippen LogP contribution in [0.5, 0.6) is 0 Å². The van der Waals surface area contributed by atoms with Crippen molar-refractivity contribution in [2.75, 3.05) is 13.8 Å². The predicted octanol–water partition coefficient (Wildman–Crippen LogP) is 3.32. The van der Waals surface area contributed by atoms with Crippen LogP contribution in [-0.4, -0.2) is 43.4 Å². The lowest BCUT2D eigenvalue weighted by Gasteiger charge is -2.15. The molecule has 0 amide bonds. The number of aliphatic carboxylic acids is 1. The molecule has 2 rings (SSSR count). The molecular formula is C19H27NO5S.